The van der Waals surface area contributed by atoms with Gasteiger partial charge in [-0.1, -0.05) is 27.2 Å². The van der Waals surface area contributed by atoms with E-state index in [-0.39, 0.29) is 5.78 Å². The maximum atomic E-state index is 11.7. The fraction of sp³-hybridized carbons (Fsp3) is 0.643. The number of hydrogen-bond acceptors (Lipinski definition) is 1. The molecule has 1 aromatic rings. The molecule has 0 fully saturated rings. The van der Waals surface area contributed by atoms with E-state index in [0.29, 0.717) is 12.3 Å². The van der Waals surface area contributed by atoms with Crippen molar-refractivity contribution in [3.05, 3.63) is 24.0 Å². The minimum Gasteiger partial charge on any atom is -0.353 e. The maximum absolute atomic E-state index is 11.7. The van der Waals surface area contributed by atoms with Crippen LogP contribution in [-0.4, -0.2) is 10.4 Å². The number of hydrogen-bond donors (Lipinski definition) is 0. The number of Topliss-reactive ketones (excluding diaryl/α,β-unsaturated/α-hetero) is 1. The highest BCUT2D eigenvalue weighted by molar-refractivity contribution is 5.95. The molecule has 0 aliphatic carbocycles. The van der Waals surface area contributed by atoms with Gasteiger partial charge in [0.05, 0.1) is 0 Å². The van der Waals surface area contributed by atoms with E-state index >= 15 is 0 Å². The Balaban J connectivity index is 2.54. The first-order valence-corrected chi connectivity index (χ1v) is 6.36. The van der Waals surface area contributed by atoms with Gasteiger partial charge >= 0.3 is 0 Å². The van der Waals surface area contributed by atoms with Crippen LogP contribution < -0.4 is 0 Å². The van der Waals surface area contributed by atoms with Crippen LogP contribution >= 0.6 is 0 Å². The van der Waals surface area contributed by atoms with E-state index < -0.39 is 0 Å². The summed E-state index contributed by atoms with van der Waals surface area (Å²) in [5.41, 5.74) is 0.866. The zero-order chi connectivity index (χ0) is 12.0. The molecule has 1 aromatic heterocycles. The minimum absolute atomic E-state index is 0.268. The van der Waals surface area contributed by atoms with Gasteiger partial charge in [0.15, 0.2) is 5.78 Å². The summed E-state index contributed by atoms with van der Waals surface area (Å²) in [4.78, 5) is 11.7. The van der Waals surface area contributed by atoms with Gasteiger partial charge in [0, 0.05) is 30.9 Å². The third kappa shape index (κ3) is 3.84. The lowest BCUT2D eigenvalue weighted by Gasteiger charge is -2.10. The molecule has 1 atom stereocenters. The van der Waals surface area contributed by atoms with Gasteiger partial charge < -0.3 is 4.57 Å². The third-order valence-corrected chi connectivity index (χ3v) is 2.85. The van der Waals surface area contributed by atoms with Gasteiger partial charge in [0.1, 0.15) is 0 Å². The van der Waals surface area contributed by atoms with Crippen molar-refractivity contribution in [3.8, 4) is 0 Å². The Kier molecular flexibility index (Phi) is 5.30. The summed E-state index contributed by atoms with van der Waals surface area (Å²) in [5, 5.41) is 0. The normalized spacial score (nSPS) is 12.7. The molecular weight excluding hydrogens is 198 g/mol. The first-order valence-electron chi connectivity index (χ1n) is 6.36. The quantitative estimate of drug-likeness (QED) is 0.640. The highest BCUT2D eigenvalue weighted by atomic mass is 16.1. The van der Waals surface area contributed by atoms with Crippen molar-refractivity contribution in [3.63, 3.8) is 0 Å². The molecule has 1 heterocycles. The molecule has 1 rings (SSSR count). The SMILES string of the molecule is CCCC(=O)c1ccn(CC(C)CCC)c1. The Hall–Kier alpha value is -1.05. The van der Waals surface area contributed by atoms with E-state index in [2.05, 4.69) is 18.4 Å². The van der Waals surface area contributed by atoms with Gasteiger partial charge in [-0.25, -0.2) is 0 Å². The molecule has 0 amide bonds. The molecule has 16 heavy (non-hydrogen) atoms. The summed E-state index contributed by atoms with van der Waals surface area (Å²) in [6.45, 7) is 7.53. The Morgan fingerprint density at radius 2 is 2.12 bits per heavy atom. The number of rotatable bonds is 7. The highest BCUT2D eigenvalue weighted by Gasteiger charge is 2.07. The number of ketones is 1. The van der Waals surface area contributed by atoms with Crippen LogP contribution in [0.2, 0.25) is 0 Å². The summed E-state index contributed by atoms with van der Waals surface area (Å²) >= 11 is 0. The molecule has 0 radical (unpaired) electrons. The fourth-order valence-electron chi connectivity index (χ4n) is 2.03. The van der Waals surface area contributed by atoms with Crippen molar-refractivity contribution in [1.29, 1.82) is 0 Å². The van der Waals surface area contributed by atoms with Crippen molar-refractivity contribution in [1.82, 2.24) is 4.57 Å². The summed E-state index contributed by atoms with van der Waals surface area (Å²) < 4.78 is 2.14. The lowest BCUT2D eigenvalue weighted by atomic mass is 10.1. The molecule has 0 saturated heterocycles. The molecule has 0 N–H and O–H groups in total. The topological polar surface area (TPSA) is 22.0 Å². The second kappa shape index (κ2) is 6.51. The molecule has 0 saturated carbocycles. The standard InChI is InChI=1S/C14H23NO/c1-4-6-12(3)10-15-9-8-13(11-15)14(16)7-5-2/h8-9,11-12H,4-7,10H2,1-3H3. The molecule has 0 spiro atoms. The predicted molar refractivity (Wildman–Crippen MR) is 67.7 cm³/mol. The van der Waals surface area contributed by atoms with Crippen LogP contribution in [0.5, 0.6) is 0 Å². The molecule has 2 nitrogen and oxygen atoms in total. The highest BCUT2D eigenvalue weighted by Crippen LogP contribution is 2.11. The lowest BCUT2D eigenvalue weighted by molar-refractivity contribution is 0.0981. The molecule has 0 aromatic carbocycles. The van der Waals surface area contributed by atoms with Crippen molar-refractivity contribution in [2.75, 3.05) is 0 Å². The van der Waals surface area contributed by atoms with Gasteiger partial charge in [-0.15, -0.1) is 0 Å². The average molecular weight is 221 g/mol. The van der Waals surface area contributed by atoms with Crippen LogP contribution in [-0.2, 0) is 6.54 Å². The van der Waals surface area contributed by atoms with Crippen LogP contribution in [0.3, 0.4) is 0 Å². The fourth-order valence-corrected chi connectivity index (χ4v) is 2.03. The van der Waals surface area contributed by atoms with Crippen molar-refractivity contribution < 1.29 is 4.79 Å². The van der Waals surface area contributed by atoms with Gasteiger partial charge in [0.25, 0.3) is 0 Å². The average Bonchev–Trinajstić information content (AvgIpc) is 2.67. The first-order chi connectivity index (χ1) is 7.67. The minimum atomic E-state index is 0.268. The van der Waals surface area contributed by atoms with E-state index in [1.165, 1.54) is 12.8 Å². The number of carbonyl (C=O) groups is 1. The Morgan fingerprint density at radius 3 is 2.75 bits per heavy atom. The van der Waals surface area contributed by atoms with E-state index in [9.17, 15) is 4.79 Å². The summed E-state index contributed by atoms with van der Waals surface area (Å²) in [5.74, 6) is 0.955. The Morgan fingerprint density at radius 1 is 1.38 bits per heavy atom. The van der Waals surface area contributed by atoms with Gasteiger partial charge in [-0.05, 0) is 24.8 Å². The van der Waals surface area contributed by atoms with Crippen LogP contribution in [0.4, 0.5) is 0 Å². The number of aromatic nitrogens is 1. The zero-order valence-electron chi connectivity index (χ0n) is 10.7. The van der Waals surface area contributed by atoms with Crippen LogP contribution in [0.15, 0.2) is 18.5 Å². The van der Waals surface area contributed by atoms with Crippen molar-refractivity contribution in [2.45, 2.75) is 53.0 Å². The van der Waals surface area contributed by atoms with Crippen LogP contribution in [0, 0.1) is 5.92 Å². The van der Waals surface area contributed by atoms with Crippen LogP contribution in [0.1, 0.15) is 56.8 Å². The van der Waals surface area contributed by atoms with Gasteiger partial charge in [-0.3, -0.25) is 4.79 Å². The van der Waals surface area contributed by atoms with E-state index in [0.717, 1.165) is 18.5 Å². The number of carbonyl (C=O) groups excluding carboxylic acids is 1. The van der Waals surface area contributed by atoms with E-state index in [4.69, 9.17) is 0 Å². The lowest BCUT2D eigenvalue weighted by Crippen LogP contribution is -2.05. The van der Waals surface area contributed by atoms with Gasteiger partial charge in [-0.2, -0.15) is 0 Å². The summed E-state index contributed by atoms with van der Waals surface area (Å²) in [7, 11) is 0. The summed E-state index contributed by atoms with van der Waals surface area (Å²) in [6, 6.07) is 1.94. The second-order valence-corrected chi connectivity index (χ2v) is 4.66. The smallest absolute Gasteiger partial charge is 0.164 e. The van der Waals surface area contributed by atoms with E-state index in [1.807, 2.05) is 25.4 Å². The Bertz CT molecular complexity index is 327. The van der Waals surface area contributed by atoms with Gasteiger partial charge in [0.2, 0.25) is 0 Å². The zero-order valence-corrected chi connectivity index (χ0v) is 10.7. The van der Waals surface area contributed by atoms with Crippen LogP contribution in [0.25, 0.3) is 0 Å². The molecule has 0 aliphatic heterocycles. The Labute approximate surface area is 98.7 Å². The molecule has 1 unspecified atom stereocenters. The maximum Gasteiger partial charge on any atom is 0.164 e. The molecule has 90 valence electrons. The predicted octanol–water partition coefficient (Wildman–Crippen LogP) is 3.91. The summed E-state index contributed by atoms with van der Waals surface area (Å²) in [6.07, 6.45) is 8.07. The molecular formula is C14H23NO. The van der Waals surface area contributed by atoms with Crippen molar-refractivity contribution in [2.24, 2.45) is 5.92 Å². The number of nitrogens with zero attached hydrogens (tertiary/aromatic N) is 1. The molecule has 0 bridgehead atoms. The molecule has 2 heteroatoms. The monoisotopic (exact) mass is 221 g/mol. The second-order valence-electron chi connectivity index (χ2n) is 4.66. The molecule has 0 aliphatic rings. The largest absolute Gasteiger partial charge is 0.353 e. The first kappa shape index (κ1) is 13.0. The van der Waals surface area contributed by atoms with E-state index in [1.54, 1.807) is 0 Å². The third-order valence-electron chi connectivity index (χ3n) is 2.85. The van der Waals surface area contributed by atoms with Crippen molar-refractivity contribution >= 4 is 5.78 Å².